The maximum Gasteiger partial charge on any atom is 0.308 e. The lowest BCUT2D eigenvalue weighted by molar-refractivity contribution is -0.145. The number of benzene rings is 1. The number of amides is 2. The number of carbonyl (C=O) groups is 3. The fraction of sp³-hybridized carbons (Fsp3) is 0.591. The van der Waals surface area contributed by atoms with Gasteiger partial charge in [0.1, 0.15) is 0 Å². The van der Waals surface area contributed by atoms with E-state index in [1.807, 2.05) is 24.3 Å². The Morgan fingerprint density at radius 2 is 1.71 bits per heavy atom. The quantitative estimate of drug-likeness (QED) is 0.843. The molecular weight excluding hydrogens is 356 g/mol. The fourth-order valence-electron chi connectivity index (χ4n) is 4.33. The Hall–Kier alpha value is -2.37. The Morgan fingerprint density at radius 3 is 2.36 bits per heavy atom. The summed E-state index contributed by atoms with van der Waals surface area (Å²) >= 11 is 0. The van der Waals surface area contributed by atoms with Crippen LogP contribution in [-0.2, 0) is 9.59 Å². The summed E-state index contributed by atoms with van der Waals surface area (Å²) in [6.45, 7) is 0.753. The molecule has 2 amide bonds. The number of carboxylic acid groups (broad SMARTS) is 1. The van der Waals surface area contributed by atoms with Gasteiger partial charge >= 0.3 is 5.97 Å². The van der Waals surface area contributed by atoms with Gasteiger partial charge in [0.25, 0.3) is 5.91 Å². The number of hydrogen-bond acceptors (Lipinski definition) is 3. The zero-order valence-corrected chi connectivity index (χ0v) is 16.6. The predicted octanol–water partition coefficient (Wildman–Crippen LogP) is 3.13. The highest BCUT2D eigenvalue weighted by Gasteiger charge is 2.29. The highest BCUT2D eigenvalue weighted by atomic mass is 16.4. The lowest BCUT2D eigenvalue weighted by atomic mass is 9.84. The average molecular weight is 386 g/mol. The number of hydrogen-bond donors (Lipinski definition) is 1. The van der Waals surface area contributed by atoms with Crippen molar-refractivity contribution in [1.82, 2.24) is 9.80 Å². The molecule has 2 fully saturated rings. The van der Waals surface area contributed by atoms with Crippen molar-refractivity contribution in [2.75, 3.05) is 26.7 Å². The van der Waals surface area contributed by atoms with Crippen molar-refractivity contribution >= 4 is 17.8 Å². The topological polar surface area (TPSA) is 77.9 Å². The van der Waals surface area contributed by atoms with Crippen LogP contribution in [0.1, 0.15) is 66.8 Å². The molecule has 0 spiro atoms. The van der Waals surface area contributed by atoms with Gasteiger partial charge in [-0.2, -0.15) is 0 Å². The zero-order chi connectivity index (χ0) is 20.1. The van der Waals surface area contributed by atoms with Crippen molar-refractivity contribution < 1.29 is 19.5 Å². The van der Waals surface area contributed by atoms with Gasteiger partial charge in [0, 0.05) is 25.7 Å². The molecule has 6 nitrogen and oxygen atoms in total. The number of aliphatic carboxylic acids is 1. The Morgan fingerprint density at radius 1 is 1.04 bits per heavy atom. The largest absolute Gasteiger partial charge is 0.481 e. The molecule has 1 aromatic rings. The summed E-state index contributed by atoms with van der Waals surface area (Å²) in [6.07, 6.45) is 7.58. The summed E-state index contributed by atoms with van der Waals surface area (Å²) in [5.41, 5.74) is 1.87. The number of likely N-dealkylation sites (tertiary alicyclic amines) is 1. The smallest absolute Gasteiger partial charge is 0.308 e. The Balaban J connectivity index is 1.56. The van der Waals surface area contributed by atoms with Crippen LogP contribution in [0.25, 0.3) is 0 Å². The molecule has 1 saturated heterocycles. The number of carboxylic acids is 1. The first-order chi connectivity index (χ1) is 13.5. The van der Waals surface area contributed by atoms with Crippen LogP contribution in [0.3, 0.4) is 0 Å². The second-order valence-corrected chi connectivity index (χ2v) is 8.14. The Bertz CT molecular complexity index is 710. The number of nitrogens with zero attached hydrogens (tertiary/aromatic N) is 2. The van der Waals surface area contributed by atoms with Crippen molar-refractivity contribution in [1.29, 1.82) is 0 Å². The molecule has 1 aliphatic heterocycles. The van der Waals surface area contributed by atoms with Gasteiger partial charge in [-0.1, -0.05) is 31.4 Å². The van der Waals surface area contributed by atoms with Crippen LogP contribution in [0, 0.1) is 5.92 Å². The van der Waals surface area contributed by atoms with Gasteiger partial charge in [-0.05, 0) is 49.3 Å². The van der Waals surface area contributed by atoms with Crippen LogP contribution >= 0.6 is 0 Å². The average Bonchev–Trinajstić information content (AvgIpc) is 2.74. The van der Waals surface area contributed by atoms with Crippen molar-refractivity contribution in [2.24, 2.45) is 5.92 Å². The van der Waals surface area contributed by atoms with E-state index in [9.17, 15) is 19.5 Å². The second kappa shape index (κ2) is 9.22. The lowest BCUT2D eigenvalue weighted by Gasteiger charge is -2.32. The summed E-state index contributed by atoms with van der Waals surface area (Å²) in [5.74, 6) is -1.15. The second-order valence-electron chi connectivity index (χ2n) is 8.14. The molecular formula is C22H30N2O4. The van der Waals surface area contributed by atoms with Crippen LogP contribution in [0.15, 0.2) is 24.3 Å². The number of carbonyl (C=O) groups excluding carboxylic acids is 2. The van der Waals surface area contributed by atoms with E-state index in [1.54, 1.807) is 11.9 Å². The summed E-state index contributed by atoms with van der Waals surface area (Å²) < 4.78 is 0. The van der Waals surface area contributed by atoms with E-state index in [0.717, 1.165) is 0 Å². The van der Waals surface area contributed by atoms with Gasteiger partial charge in [-0.3, -0.25) is 14.4 Å². The maximum atomic E-state index is 12.7. The van der Waals surface area contributed by atoms with Crippen molar-refractivity contribution in [3.63, 3.8) is 0 Å². The van der Waals surface area contributed by atoms with Crippen LogP contribution < -0.4 is 0 Å². The SMILES string of the molecule is CN(CC(=O)N1CCCC(C(=O)O)C1)C(=O)c1ccc(C2CCCCC2)cc1. The minimum absolute atomic E-state index is 0.0322. The van der Waals surface area contributed by atoms with Crippen molar-refractivity contribution in [3.8, 4) is 0 Å². The van der Waals surface area contributed by atoms with E-state index in [2.05, 4.69) is 0 Å². The third kappa shape index (κ3) is 4.91. The van der Waals surface area contributed by atoms with Gasteiger partial charge < -0.3 is 14.9 Å². The molecule has 1 unspecified atom stereocenters. The summed E-state index contributed by atoms with van der Waals surface area (Å²) in [7, 11) is 1.62. The number of piperidine rings is 1. The summed E-state index contributed by atoms with van der Waals surface area (Å²) in [5, 5.41) is 9.17. The zero-order valence-electron chi connectivity index (χ0n) is 16.6. The Labute approximate surface area is 166 Å². The van der Waals surface area contributed by atoms with E-state index in [-0.39, 0.29) is 24.9 Å². The first-order valence-electron chi connectivity index (χ1n) is 10.3. The molecule has 152 valence electrons. The molecule has 28 heavy (non-hydrogen) atoms. The van der Waals surface area contributed by atoms with E-state index >= 15 is 0 Å². The van der Waals surface area contributed by atoms with Gasteiger partial charge in [-0.25, -0.2) is 0 Å². The molecule has 1 saturated carbocycles. The van der Waals surface area contributed by atoms with Crippen LogP contribution in [0.4, 0.5) is 0 Å². The standard InChI is InChI=1S/C22H30N2O4/c1-23(15-20(25)24-13-5-8-19(14-24)22(27)28)21(26)18-11-9-17(10-12-18)16-6-3-2-4-7-16/h9-12,16,19H,2-8,13-15H2,1H3,(H,27,28). The first-order valence-corrected chi connectivity index (χ1v) is 10.3. The minimum Gasteiger partial charge on any atom is -0.481 e. The third-order valence-electron chi connectivity index (χ3n) is 6.08. The van der Waals surface area contributed by atoms with Crippen LogP contribution in [0.5, 0.6) is 0 Å². The molecule has 2 aliphatic rings. The van der Waals surface area contributed by atoms with Gasteiger partial charge in [0.2, 0.25) is 5.91 Å². The summed E-state index contributed by atoms with van der Waals surface area (Å²) in [4.78, 5) is 39.4. The van der Waals surface area contributed by atoms with Crippen molar-refractivity contribution in [3.05, 3.63) is 35.4 Å². The van der Waals surface area contributed by atoms with Crippen molar-refractivity contribution in [2.45, 2.75) is 50.9 Å². The van der Waals surface area contributed by atoms with E-state index in [0.29, 0.717) is 30.9 Å². The highest BCUT2D eigenvalue weighted by Crippen LogP contribution is 2.32. The minimum atomic E-state index is -0.861. The predicted molar refractivity (Wildman–Crippen MR) is 106 cm³/mol. The molecule has 1 heterocycles. The fourth-order valence-corrected chi connectivity index (χ4v) is 4.33. The lowest BCUT2D eigenvalue weighted by Crippen LogP contribution is -2.46. The highest BCUT2D eigenvalue weighted by molar-refractivity contribution is 5.96. The Kier molecular flexibility index (Phi) is 6.70. The summed E-state index contributed by atoms with van der Waals surface area (Å²) in [6, 6.07) is 7.80. The molecule has 1 aromatic carbocycles. The third-order valence-corrected chi connectivity index (χ3v) is 6.08. The molecule has 3 rings (SSSR count). The van der Waals surface area contributed by atoms with Crippen LogP contribution in [0.2, 0.25) is 0 Å². The van der Waals surface area contributed by atoms with Crippen LogP contribution in [-0.4, -0.2) is 59.4 Å². The van der Waals surface area contributed by atoms with Gasteiger partial charge in [0.05, 0.1) is 12.5 Å². The molecule has 0 radical (unpaired) electrons. The molecule has 1 aliphatic carbocycles. The normalized spacial score (nSPS) is 20.6. The van der Waals surface area contributed by atoms with E-state index in [4.69, 9.17) is 0 Å². The monoisotopic (exact) mass is 386 g/mol. The molecule has 0 aromatic heterocycles. The van der Waals surface area contributed by atoms with Gasteiger partial charge in [0.15, 0.2) is 0 Å². The number of rotatable bonds is 5. The first kappa shape index (κ1) is 20.4. The molecule has 0 bridgehead atoms. The van der Waals surface area contributed by atoms with E-state index in [1.165, 1.54) is 42.6 Å². The molecule has 1 atom stereocenters. The number of likely N-dealkylation sites (N-methyl/N-ethyl adjacent to an activating group) is 1. The van der Waals surface area contributed by atoms with Gasteiger partial charge in [-0.15, -0.1) is 0 Å². The van der Waals surface area contributed by atoms with E-state index < -0.39 is 11.9 Å². The maximum absolute atomic E-state index is 12.7. The molecule has 6 heteroatoms. The molecule has 1 N–H and O–H groups in total.